The Kier molecular flexibility index (Phi) is 2.63. The number of benzene rings is 1. The molecule has 0 bridgehead atoms. The molecular weight excluding hydrogens is 224 g/mol. The lowest BCUT2D eigenvalue weighted by molar-refractivity contribution is 0.613. The van der Waals surface area contributed by atoms with Gasteiger partial charge < -0.3 is 10.6 Å². The number of fused-ring (bicyclic) bond motifs is 1. The van der Waals surface area contributed by atoms with Crippen LogP contribution in [0.1, 0.15) is 18.9 Å². The molecule has 4 heteroatoms. The molecule has 2 N–H and O–H groups in total. The summed E-state index contributed by atoms with van der Waals surface area (Å²) in [6.07, 6.45) is 3.77. The highest BCUT2D eigenvalue weighted by Crippen LogP contribution is 2.35. The van der Waals surface area contributed by atoms with E-state index in [0.29, 0.717) is 11.9 Å². The number of aromatic nitrogens is 2. The Bertz CT molecular complexity index is 567. The largest absolute Gasteiger partial charge is 0.384 e. The van der Waals surface area contributed by atoms with E-state index >= 15 is 0 Å². The minimum Gasteiger partial charge on any atom is -0.384 e. The van der Waals surface area contributed by atoms with Crippen LogP contribution in [0.3, 0.4) is 0 Å². The van der Waals surface area contributed by atoms with Gasteiger partial charge in [-0.2, -0.15) is 0 Å². The van der Waals surface area contributed by atoms with Crippen molar-refractivity contribution in [3.05, 3.63) is 42.2 Å². The van der Waals surface area contributed by atoms with Gasteiger partial charge in [0, 0.05) is 17.8 Å². The standard InChI is InChI=1S/C14H16N4/c1-10-6-7-11-4-2-3-5-12(11)18(10)14-8-13(15)16-9-17-14/h2-5,8-10H,6-7H2,1H3,(H2,15,16,17). The summed E-state index contributed by atoms with van der Waals surface area (Å²) in [5, 5.41) is 0. The summed E-state index contributed by atoms with van der Waals surface area (Å²) in [4.78, 5) is 10.5. The Morgan fingerprint density at radius 2 is 2.11 bits per heavy atom. The molecule has 2 heterocycles. The Balaban J connectivity index is 2.10. The number of hydrogen-bond donors (Lipinski definition) is 1. The van der Waals surface area contributed by atoms with E-state index in [1.807, 2.05) is 6.07 Å². The SMILES string of the molecule is CC1CCc2ccccc2N1c1cc(N)ncn1. The monoisotopic (exact) mass is 240 g/mol. The number of nitrogen functional groups attached to an aromatic ring is 1. The topological polar surface area (TPSA) is 55.0 Å². The third kappa shape index (κ3) is 1.79. The third-order valence-electron chi connectivity index (χ3n) is 3.44. The van der Waals surface area contributed by atoms with Crippen LogP contribution >= 0.6 is 0 Å². The molecule has 1 aliphatic rings. The molecule has 1 atom stereocenters. The summed E-state index contributed by atoms with van der Waals surface area (Å²) in [5.74, 6) is 1.39. The van der Waals surface area contributed by atoms with E-state index < -0.39 is 0 Å². The average Bonchev–Trinajstić information content (AvgIpc) is 2.38. The highest BCUT2D eigenvalue weighted by atomic mass is 15.2. The molecule has 0 amide bonds. The molecule has 92 valence electrons. The molecule has 0 saturated heterocycles. The van der Waals surface area contributed by atoms with Gasteiger partial charge in [-0.05, 0) is 31.4 Å². The maximum atomic E-state index is 5.75. The van der Waals surface area contributed by atoms with Crippen molar-refractivity contribution in [3.63, 3.8) is 0 Å². The number of aryl methyl sites for hydroxylation is 1. The van der Waals surface area contributed by atoms with Crippen molar-refractivity contribution < 1.29 is 0 Å². The molecule has 0 aliphatic carbocycles. The van der Waals surface area contributed by atoms with E-state index in [-0.39, 0.29) is 0 Å². The second-order valence-electron chi connectivity index (χ2n) is 4.69. The van der Waals surface area contributed by atoms with Crippen molar-refractivity contribution in [2.45, 2.75) is 25.8 Å². The fraction of sp³-hybridized carbons (Fsp3) is 0.286. The van der Waals surface area contributed by atoms with Gasteiger partial charge in [0.15, 0.2) is 0 Å². The van der Waals surface area contributed by atoms with Gasteiger partial charge in [0.25, 0.3) is 0 Å². The Morgan fingerprint density at radius 3 is 2.94 bits per heavy atom. The number of para-hydroxylation sites is 1. The summed E-state index contributed by atoms with van der Waals surface area (Å²) in [7, 11) is 0. The summed E-state index contributed by atoms with van der Waals surface area (Å²) in [6, 6.07) is 10.7. The molecule has 3 rings (SSSR count). The van der Waals surface area contributed by atoms with Gasteiger partial charge in [-0.25, -0.2) is 9.97 Å². The second kappa shape index (κ2) is 4.29. The zero-order valence-corrected chi connectivity index (χ0v) is 10.4. The Hall–Kier alpha value is -2.10. The van der Waals surface area contributed by atoms with E-state index in [9.17, 15) is 0 Å². The van der Waals surface area contributed by atoms with Crippen LogP contribution in [0.25, 0.3) is 0 Å². The Labute approximate surface area is 106 Å². The van der Waals surface area contributed by atoms with E-state index in [4.69, 9.17) is 5.73 Å². The number of nitrogens with zero attached hydrogens (tertiary/aromatic N) is 3. The lowest BCUT2D eigenvalue weighted by atomic mass is 9.97. The molecule has 4 nitrogen and oxygen atoms in total. The van der Waals surface area contributed by atoms with Crippen LogP contribution in [-0.4, -0.2) is 16.0 Å². The van der Waals surface area contributed by atoms with Gasteiger partial charge in [0.2, 0.25) is 0 Å². The molecule has 0 fully saturated rings. The van der Waals surface area contributed by atoms with Crippen molar-refractivity contribution in [3.8, 4) is 0 Å². The van der Waals surface area contributed by atoms with Crippen molar-refractivity contribution in [1.29, 1.82) is 0 Å². The molecule has 18 heavy (non-hydrogen) atoms. The Morgan fingerprint density at radius 1 is 1.28 bits per heavy atom. The normalized spacial score (nSPS) is 18.5. The highest BCUT2D eigenvalue weighted by Gasteiger charge is 2.24. The molecule has 2 aromatic rings. The molecule has 1 aliphatic heterocycles. The van der Waals surface area contributed by atoms with Crippen LogP contribution in [0.5, 0.6) is 0 Å². The first-order chi connectivity index (χ1) is 8.75. The molecule has 1 unspecified atom stereocenters. The zero-order valence-electron chi connectivity index (χ0n) is 10.4. The maximum absolute atomic E-state index is 5.75. The quantitative estimate of drug-likeness (QED) is 0.832. The van der Waals surface area contributed by atoms with Gasteiger partial charge >= 0.3 is 0 Å². The van der Waals surface area contributed by atoms with Crippen LogP contribution in [0, 0.1) is 0 Å². The molecule has 0 radical (unpaired) electrons. The van der Waals surface area contributed by atoms with E-state index in [1.54, 1.807) is 0 Å². The van der Waals surface area contributed by atoms with Crippen molar-refractivity contribution in [1.82, 2.24) is 9.97 Å². The van der Waals surface area contributed by atoms with Gasteiger partial charge in [-0.15, -0.1) is 0 Å². The van der Waals surface area contributed by atoms with Crippen molar-refractivity contribution in [2.75, 3.05) is 10.6 Å². The van der Waals surface area contributed by atoms with Gasteiger partial charge in [0.1, 0.15) is 18.0 Å². The molecule has 0 spiro atoms. The van der Waals surface area contributed by atoms with Crippen LogP contribution in [0.15, 0.2) is 36.7 Å². The first kappa shape index (κ1) is 11.0. The predicted octanol–water partition coefficient (Wildman–Crippen LogP) is 2.53. The smallest absolute Gasteiger partial charge is 0.138 e. The lowest BCUT2D eigenvalue weighted by Crippen LogP contribution is -2.33. The van der Waals surface area contributed by atoms with Crippen molar-refractivity contribution >= 4 is 17.3 Å². The van der Waals surface area contributed by atoms with Gasteiger partial charge in [-0.3, -0.25) is 0 Å². The van der Waals surface area contributed by atoms with Crippen LogP contribution in [0.4, 0.5) is 17.3 Å². The van der Waals surface area contributed by atoms with Crippen LogP contribution in [0.2, 0.25) is 0 Å². The minimum absolute atomic E-state index is 0.425. The lowest BCUT2D eigenvalue weighted by Gasteiger charge is -2.36. The number of anilines is 3. The fourth-order valence-electron chi connectivity index (χ4n) is 2.53. The van der Waals surface area contributed by atoms with Crippen LogP contribution in [-0.2, 0) is 6.42 Å². The fourth-order valence-corrected chi connectivity index (χ4v) is 2.53. The predicted molar refractivity (Wildman–Crippen MR) is 72.8 cm³/mol. The first-order valence-corrected chi connectivity index (χ1v) is 6.20. The van der Waals surface area contributed by atoms with Crippen LogP contribution < -0.4 is 10.6 Å². The minimum atomic E-state index is 0.425. The molecule has 1 aromatic heterocycles. The first-order valence-electron chi connectivity index (χ1n) is 6.20. The molecule has 0 saturated carbocycles. The molecular formula is C14H16N4. The third-order valence-corrected chi connectivity index (χ3v) is 3.44. The van der Waals surface area contributed by atoms with Gasteiger partial charge in [-0.1, -0.05) is 18.2 Å². The van der Waals surface area contributed by atoms with E-state index in [0.717, 1.165) is 18.7 Å². The summed E-state index contributed by atoms with van der Waals surface area (Å²) in [5.41, 5.74) is 8.35. The number of hydrogen-bond acceptors (Lipinski definition) is 4. The van der Waals surface area contributed by atoms with Gasteiger partial charge in [0.05, 0.1) is 0 Å². The number of rotatable bonds is 1. The summed E-state index contributed by atoms with van der Waals surface area (Å²) < 4.78 is 0. The number of nitrogens with two attached hydrogens (primary N) is 1. The highest BCUT2D eigenvalue weighted by molar-refractivity contribution is 5.67. The summed E-state index contributed by atoms with van der Waals surface area (Å²) in [6.45, 7) is 2.22. The maximum Gasteiger partial charge on any atom is 0.138 e. The van der Waals surface area contributed by atoms with E-state index in [2.05, 4.69) is 46.1 Å². The molecule has 1 aromatic carbocycles. The average molecular weight is 240 g/mol. The van der Waals surface area contributed by atoms with Crippen molar-refractivity contribution in [2.24, 2.45) is 0 Å². The zero-order chi connectivity index (χ0) is 12.5. The second-order valence-corrected chi connectivity index (χ2v) is 4.69. The van der Waals surface area contributed by atoms with E-state index in [1.165, 1.54) is 17.6 Å². The summed E-state index contributed by atoms with van der Waals surface area (Å²) >= 11 is 0.